The van der Waals surface area contributed by atoms with Crippen molar-refractivity contribution < 1.29 is 4.79 Å². The smallest absolute Gasteiger partial charge is 0.267 e. The minimum absolute atomic E-state index is 0.165. The summed E-state index contributed by atoms with van der Waals surface area (Å²) in [5.74, 6) is 5.33. The Balaban J connectivity index is 2.11. The second-order valence-corrected chi connectivity index (χ2v) is 4.62. The van der Waals surface area contributed by atoms with Crippen LogP contribution in [0.1, 0.15) is 21.5 Å². The number of hydrogen-bond donors (Lipinski definition) is 1. The molecule has 0 aromatic heterocycles. The Morgan fingerprint density at radius 2 is 1.83 bits per heavy atom. The molecule has 2 aromatic rings. The number of amides is 1. The fourth-order valence-corrected chi connectivity index (χ4v) is 2.46. The first-order valence-electron chi connectivity index (χ1n) is 5.91. The van der Waals surface area contributed by atoms with Crippen molar-refractivity contribution >= 4 is 5.91 Å². The average Bonchev–Trinajstić information content (AvgIpc) is 2.75. The van der Waals surface area contributed by atoms with Gasteiger partial charge in [0.05, 0.1) is 0 Å². The highest BCUT2D eigenvalue weighted by Gasteiger charge is 2.19. The fraction of sp³-hybridized carbons (Fsp3) is 0.133. The van der Waals surface area contributed by atoms with E-state index in [1.54, 1.807) is 7.05 Å². The lowest BCUT2D eigenvalue weighted by Gasteiger charge is -2.11. The van der Waals surface area contributed by atoms with Crippen LogP contribution in [0.3, 0.4) is 0 Å². The number of hydrogen-bond acceptors (Lipinski definition) is 2. The first-order chi connectivity index (χ1) is 8.66. The zero-order valence-corrected chi connectivity index (χ0v) is 10.2. The highest BCUT2D eigenvalue weighted by Crippen LogP contribution is 2.36. The van der Waals surface area contributed by atoms with Gasteiger partial charge in [0.15, 0.2) is 0 Å². The largest absolute Gasteiger partial charge is 0.280 e. The molecule has 1 amide bonds. The summed E-state index contributed by atoms with van der Waals surface area (Å²) in [6, 6.07) is 14.1. The van der Waals surface area contributed by atoms with Crippen molar-refractivity contribution in [1.29, 1.82) is 0 Å². The molecule has 0 unspecified atom stereocenters. The second-order valence-electron chi connectivity index (χ2n) is 4.62. The van der Waals surface area contributed by atoms with Crippen molar-refractivity contribution in [2.75, 3.05) is 7.05 Å². The second kappa shape index (κ2) is 3.96. The van der Waals surface area contributed by atoms with Gasteiger partial charge in [0.25, 0.3) is 5.91 Å². The number of nitrogens with two attached hydrogens (primary N) is 1. The predicted octanol–water partition coefficient (Wildman–Crippen LogP) is 2.20. The molecular weight excluding hydrogens is 224 g/mol. The van der Waals surface area contributed by atoms with Crippen LogP contribution in [-0.4, -0.2) is 18.0 Å². The maximum Gasteiger partial charge on any atom is 0.267 e. The quantitative estimate of drug-likeness (QED) is 0.401. The molecule has 90 valence electrons. The van der Waals surface area contributed by atoms with Gasteiger partial charge in [0.1, 0.15) is 0 Å². The van der Waals surface area contributed by atoms with E-state index in [0.29, 0.717) is 5.56 Å². The first-order valence-corrected chi connectivity index (χ1v) is 5.91. The van der Waals surface area contributed by atoms with Gasteiger partial charge in [-0.15, -0.1) is 0 Å². The third-order valence-corrected chi connectivity index (χ3v) is 3.37. The van der Waals surface area contributed by atoms with Crippen molar-refractivity contribution in [3.63, 3.8) is 0 Å². The van der Waals surface area contributed by atoms with Gasteiger partial charge >= 0.3 is 0 Å². The highest BCUT2D eigenvalue weighted by molar-refractivity contribution is 5.96. The van der Waals surface area contributed by atoms with E-state index in [-0.39, 0.29) is 5.91 Å². The molecule has 1 aliphatic rings. The molecule has 3 nitrogen and oxygen atoms in total. The number of benzene rings is 2. The number of carbonyl (C=O) groups excluding carboxylic acids is 1. The third kappa shape index (κ3) is 1.60. The molecule has 0 saturated heterocycles. The fourth-order valence-electron chi connectivity index (χ4n) is 2.46. The van der Waals surface area contributed by atoms with Crippen LogP contribution in [0.15, 0.2) is 42.5 Å². The van der Waals surface area contributed by atoms with E-state index >= 15 is 0 Å². The number of nitrogens with zero attached hydrogens (tertiary/aromatic N) is 1. The SMILES string of the molecule is CN(N)C(=O)c1ccc2c(c1)-c1ccccc1C2. The van der Waals surface area contributed by atoms with Gasteiger partial charge in [-0.3, -0.25) is 9.80 Å². The van der Waals surface area contributed by atoms with E-state index in [2.05, 4.69) is 12.1 Å². The van der Waals surface area contributed by atoms with Crippen molar-refractivity contribution in [3.8, 4) is 11.1 Å². The molecule has 3 rings (SSSR count). The highest BCUT2D eigenvalue weighted by atomic mass is 16.2. The molecule has 0 bridgehead atoms. The molecule has 1 aliphatic carbocycles. The van der Waals surface area contributed by atoms with E-state index in [1.807, 2.05) is 30.3 Å². The minimum Gasteiger partial charge on any atom is -0.280 e. The summed E-state index contributed by atoms with van der Waals surface area (Å²) < 4.78 is 0. The number of fused-ring (bicyclic) bond motifs is 3. The topological polar surface area (TPSA) is 46.3 Å². The van der Waals surface area contributed by atoms with Gasteiger partial charge in [-0.25, -0.2) is 5.84 Å². The van der Waals surface area contributed by atoms with Crippen LogP contribution >= 0.6 is 0 Å². The van der Waals surface area contributed by atoms with E-state index in [1.165, 1.54) is 16.7 Å². The van der Waals surface area contributed by atoms with Gasteiger partial charge in [-0.1, -0.05) is 30.3 Å². The Kier molecular flexibility index (Phi) is 2.42. The zero-order chi connectivity index (χ0) is 12.7. The summed E-state index contributed by atoms with van der Waals surface area (Å²) in [6.45, 7) is 0. The standard InChI is InChI=1S/C15H14N2O/c1-17(16)15(18)12-7-6-11-8-10-4-2-3-5-13(10)14(11)9-12/h2-7,9H,8,16H2,1H3. The minimum atomic E-state index is -0.165. The van der Waals surface area contributed by atoms with Crippen molar-refractivity contribution in [1.82, 2.24) is 5.01 Å². The van der Waals surface area contributed by atoms with Gasteiger partial charge in [0.2, 0.25) is 0 Å². The Bertz CT molecular complexity index is 632. The van der Waals surface area contributed by atoms with Gasteiger partial charge < -0.3 is 0 Å². The van der Waals surface area contributed by atoms with E-state index in [9.17, 15) is 4.79 Å². The molecule has 0 radical (unpaired) electrons. The van der Waals surface area contributed by atoms with Crippen LogP contribution in [0.5, 0.6) is 0 Å². The van der Waals surface area contributed by atoms with Gasteiger partial charge in [-0.2, -0.15) is 0 Å². The van der Waals surface area contributed by atoms with Gasteiger partial charge in [0, 0.05) is 12.6 Å². The lowest BCUT2D eigenvalue weighted by atomic mass is 10.0. The molecule has 18 heavy (non-hydrogen) atoms. The van der Waals surface area contributed by atoms with Crippen LogP contribution < -0.4 is 5.84 Å². The monoisotopic (exact) mass is 238 g/mol. The Morgan fingerprint density at radius 3 is 2.61 bits per heavy atom. The molecular formula is C15H14N2O. The van der Waals surface area contributed by atoms with Crippen LogP contribution in [0.4, 0.5) is 0 Å². The molecule has 2 aromatic carbocycles. The van der Waals surface area contributed by atoms with Crippen molar-refractivity contribution in [3.05, 3.63) is 59.2 Å². The van der Waals surface area contributed by atoms with E-state index in [4.69, 9.17) is 5.84 Å². The number of hydrazine groups is 1. The maximum absolute atomic E-state index is 11.9. The number of rotatable bonds is 1. The van der Waals surface area contributed by atoms with Crippen molar-refractivity contribution in [2.45, 2.75) is 6.42 Å². The molecule has 0 saturated carbocycles. The summed E-state index contributed by atoms with van der Waals surface area (Å²) in [4.78, 5) is 11.9. The third-order valence-electron chi connectivity index (χ3n) is 3.37. The van der Waals surface area contributed by atoms with Crippen LogP contribution in [0.2, 0.25) is 0 Å². The Hall–Kier alpha value is -2.13. The normalized spacial score (nSPS) is 11.9. The lowest BCUT2D eigenvalue weighted by molar-refractivity contribution is 0.0795. The summed E-state index contributed by atoms with van der Waals surface area (Å²) in [6.07, 6.45) is 0.943. The van der Waals surface area contributed by atoms with Crippen LogP contribution in [0, 0.1) is 0 Å². The maximum atomic E-state index is 11.9. The molecule has 0 aliphatic heterocycles. The average molecular weight is 238 g/mol. The van der Waals surface area contributed by atoms with Crippen molar-refractivity contribution in [2.24, 2.45) is 5.84 Å². The molecule has 0 atom stereocenters. The first kappa shape index (κ1) is 11.0. The Morgan fingerprint density at radius 1 is 1.11 bits per heavy atom. The lowest BCUT2D eigenvalue weighted by Crippen LogP contribution is -2.33. The molecule has 0 fully saturated rings. The summed E-state index contributed by atoms with van der Waals surface area (Å²) in [7, 11) is 1.56. The van der Waals surface area contributed by atoms with Gasteiger partial charge in [-0.05, 0) is 40.8 Å². The zero-order valence-electron chi connectivity index (χ0n) is 10.2. The molecule has 0 heterocycles. The van der Waals surface area contributed by atoms with E-state index < -0.39 is 0 Å². The Labute approximate surface area is 106 Å². The predicted molar refractivity (Wildman–Crippen MR) is 71.0 cm³/mol. The molecule has 3 heteroatoms. The summed E-state index contributed by atoms with van der Waals surface area (Å²) in [5.41, 5.74) is 5.60. The summed E-state index contributed by atoms with van der Waals surface area (Å²) >= 11 is 0. The summed E-state index contributed by atoms with van der Waals surface area (Å²) in [5, 5.41) is 1.11. The van der Waals surface area contributed by atoms with Crippen LogP contribution in [-0.2, 0) is 6.42 Å². The number of carbonyl (C=O) groups is 1. The van der Waals surface area contributed by atoms with E-state index in [0.717, 1.165) is 17.0 Å². The molecule has 0 spiro atoms. The molecule has 2 N–H and O–H groups in total. The van der Waals surface area contributed by atoms with Crippen LogP contribution in [0.25, 0.3) is 11.1 Å².